The highest BCUT2D eigenvalue weighted by molar-refractivity contribution is 6.30. The molecule has 142 valence electrons. The number of carbonyl (C=O) groups excluding carboxylic acids is 2. The second kappa shape index (κ2) is 7.60. The molecular formula is C22H20ClN3O2. The Labute approximate surface area is 168 Å². The molecule has 1 heterocycles. The summed E-state index contributed by atoms with van der Waals surface area (Å²) in [6, 6.07) is 16.4. The van der Waals surface area contributed by atoms with Crippen molar-refractivity contribution in [1.29, 1.82) is 0 Å². The molecule has 0 bridgehead atoms. The van der Waals surface area contributed by atoms with Gasteiger partial charge in [0.1, 0.15) is 0 Å². The fraction of sp³-hybridized carbons (Fsp3) is 0.227. The maximum absolute atomic E-state index is 13.1. The van der Waals surface area contributed by atoms with Crippen molar-refractivity contribution < 1.29 is 9.59 Å². The third kappa shape index (κ3) is 3.99. The zero-order chi connectivity index (χ0) is 19.7. The number of hydrogen-bond donors (Lipinski definition) is 1. The molecule has 6 heteroatoms. The number of hydrogen-bond acceptors (Lipinski definition) is 3. The molecule has 0 unspecified atom stereocenters. The van der Waals surface area contributed by atoms with E-state index in [9.17, 15) is 9.59 Å². The van der Waals surface area contributed by atoms with Crippen molar-refractivity contribution in [3.05, 3.63) is 70.9 Å². The Morgan fingerprint density at radius 3 is 2.57 bits per heavy atom. The molecule has 2 amide bonds. The summed E-state index contributed by atoms with van der Waals surface area (Å²) in [4.78, 5) is 31.6. The van der Waals surface area contributed by atoms with Gasteiger partial charge in [-0.15, -0.1) is 0 Å². The Morgan fingerprint density at radius 1 is 1.14 bits per heavy atom. The first-order chi connectivity index (χ1) is 13.5. The fourth-order valence-corrected chi connectivity index (χ4v) is 3.31. The quantitative estimate of drug-likeness (QED) is 0.695. The highest BCUT2D eigenvalue weighted by Crippen LogP contribution is 2.40. The summed E-state index contributed by atoms with van der Waals surface area (Å²) in [6.07, 6.45) is 2.22. The standard InChI is InChI=1S/C22H20ClN3O2/c1-26(13-21(27)24-16-10-8-15(23)9-11-16)22(28)18-12-20(14-6-7-14)25-19-5-3-2-4-17(18)19/h2-5,8-12,14H,6-7,13H2,1H3,(H,24,27). The summed E-state index contributed by atoms with van der Waals surface area (Å²) in [5.74, 6) is -0.0135. The lowest BCUT2D eigenvalue weighted by Crippen LogP contribution is -2.35. The van der Waals surface area contributed by atoms with Gasteiger partial charge in [0.05, 0.1) is 17.6 Å². The lowest BCUT2D eigenvalue weighted by atomic mass is 10.0. The van der Waals surface area contributed by atoms with Crippen molar-refractivity contribution in [3.8, 4) is 0 Å². The van der Waals surface area contributed by atoms with Crippen LogP contribution in [0.3, 0.4) is 0 Å². The molecule has 0 saturated heterocycles. The Hall–Kier alpha value is -2.92. The maximum Gasteiger partial charge on any atom is 0.254 e. The van der Waals surface area contributed by atoms with E-state index in [1.807, 2.05) is 30.3 Å². The van der Waals surface area contributed by atoms with E-state index in [0.29, 0.717) is 22.2 Å². The van der Waals surface area contributed by atoms with E-state index < -0.39 is 0 Å². The summed E-state index contributed by atoms with van der Waals surface area (Å²) in [6.45, 7) is -0.0448. The van der Waals surface area contributed by atoms with Crippen LogP contribution in [-0.2, 0) is 4.79 Å². The van der Waals surface area contributed by atoms with Crippen molar-refractivity contribution in [2.24, 2.45) is 0 Å². The normalized spacial score (nSPS) is 13.4. The summed E-state index contributed by atoms with van der Waals surface area (Å²) in [5, 5.41) is 4.19. The summed E-state index contributed by atoms with van der Waals surface area (Å²) in [7, 11) is 1.63. The molecule has 1 aliphatic rings. The second-order valence-electron chi connectivity index (χ2n) is 7.10. The van der Waals surface area contributed by atoms with E-state index in [-0.39, 0.29) is 18.4 Å². The average Bonchev–Trinajstić information content (AvgIpc) is 3.53. The Morgan fingerprint density at radius 2 is 1.86 bits per heavy atom. The number of amides is 2. The molecule has 0 atom stereocenters. The largest absolute Gasteiger partial charge is 0.332 e. The van der Waals surface area contributed by atoms with Crippen molar-refractivity contribution in [3.63, 3.8) is 0 Å². The zero-order valence-electron chi connectivity index (χ0n) is 15.5. The van der Waals surface area contributed by atoms with E-state index in [1.54, 1.807) is 31.3 Å². The number of likely N-dealkylation sites (N-methyl/N-ethyl adjacent to an activating group) is 1. The van der Waals surface area contributed by atoms with Crippen LogP contribution in [0.15, 0.2) is 54.6 Å². The van der Waals surface area contributed by atoms with Gasteiger partial charge in [0, 0.05) is 34.8 Å². The lowest BCUT2D eigenvalue weighted by Gasteiger charge is -2.18. The molecule has 1 aliphatic carbocycles. The van der Waals surface area contributed by atoms with E-state index >= 15 is 0 Å². The Bertz CT molecular complexity index is 1050. The van der Waals surface area contributed by atoms with Gasteiger partial charge in [0.2, 0.25) is 5.91 Å². The van der Waals surface area contributed by atoms with Crippen LogP contribution in [0.25, 0.3) is 10.9 Å². The first-order valence-corrected chi connectivity index (χ1v) is 9.59. The molecule has 1 aromatic heterocycles. The van der Waals surface area contributed by atoms with Gasteiger partial charge in [-0.2, -0.15) is 0 Å². The highest BCUT2D eigenvalue weighted by atomic mass is 35.5. The number of fused-ring (bicyclic) bond motifs is 1. The van der Waals surface area contributed by atoms with Crippen LogP contribution in [0.1, 0.15) is 34.8 Å². The van der Waals surface area contributed by atoms with Crippen molar-refractivity contribution in [1.82, 2.24) is 9.88 Å². The molecule has 0 aliphatic heterocycles. The first kappa shape index (κ1) is 18.4. The molecule has 4 rings (SSSR count). The molecular weight excluding hydrogens is 374 g/mol. The minimum absolute atomic E-state index is 0.0448. The average molecular weight is 394 g/mol. The predicted octanol–water partition coefficient (Wildman–Crippen LogP) is 4.48. The summed E-state index contributed by atoms with van der Waals surface area (Å²) < 4.78 is 0. The molecule has 28 heavy (non-hydrogen) atoms. The predicted molar refractivity (Wildman–Crippen MR) is 111 cm³/mol. The zero-order valence-corrected chi connectivity index (χ0v) is 16.2. The molecule has 5 nitrogen and oxygen atoms in total. The highest BCUT2D eigenvalue weighted by Gasteiger charge is 2.27. The van der Waals surface area contributed by atoms with Crippen LogP contribution in [0.5, 0.6) is 0 Å². The van der Waals surface area contributed by atoms with Crippen LogP contribution in [-0.4, -0.2) is 35.3 Å². The van der Waals surface area contributed by atoms with Crippen LogP contribution >= 0.6 is 11.6 Å². The first-order valence-electron chi connectivity index (χ1n) is 9.22. The Kier molecular flexibility index (Phi) is 5.01. The third-order valence-corrected chi connectivity index (χ3v) is 5.07. The molecule has 3 aromatic rings. The van der Waals surface area contributed by atoms with Gasteiger partial charge >= 0.3 is 0 Å². The smallest absolute Gasteiger partial charge is 0.254 e. The van der Waals surface area contributed by atoms with Crippen molar-refractivity contribution >= 4 is 40.0 Å². The number of nitrogens with zero attached hydrogens (tertiary/aromatic N) is 2. The van der Waals surface area contributed by atoms with Gasteiger partial charge in [-0.25, -0.2) is 0 Å². The van der Waals surface area contributed by atoms with Crippen molar-refractivity contribution in [2.75, 3.05) is 18.9 Å². The number of anilines is 1. The van der Waals surface area contributed by atoms with E-state index in [4.69, 9.17) is 16.6 Å². The van der Waals surface area contributed by atoms with Crippen LogP contribution < -0.4 is 5.32 Å². The summed E-state index contributed by atoms with van der Waals surface area (Å²) in [5.41, 5.74) is 3.00. The van der Waals surface area contributed by atoms with Crippen LogP contribution in [0, 0.1) is 0 Å². The lowest BCUT2D eigenvalue weighted by molar-refractivity contribution is -0.116. The molecule has 1 N–H and O–H groups in total. The summed E-state index contributed by atoms with van der Waals surface area (Å²) >= 11 is 5.86. The monoisotopic (exact) mass is 393 g/mol. The minimum atomic E-state index is -0.265. The van der Waals surface area contributed by atoms with Gasteiger partial charge in [-0.3, -0.25) is 14.6 Å². The number of carbonyl (C=O) groups is 2. The number of benzene rings is 2. The van der Waals surface area contributed by atoms with Crippen LogP contribution in [0.4, 0.5) is 5.69 Å². The molecule has 2 aromatic carbocycles. The van der Waals surface area contributed by atoms with Crippen molar-refractivity contribution in [2.45, 2.75) is 18.8 Å². The third-order valence-electron chi connectivity index (χ3n) is 4.82. The number of rotatable bonds is 5. The van der Waals surface area contributed by atoms with E-state index in [1.165, 1.54) is 4.90 Å². The van der Waals surface area contributed by atoms with Gasteiger partial charge in [-0.05, 0) is 49.2 Å². The minimum Gasteiger partial charge on any atom is -0.332 e. The molecule has 1 saturated carbocycles. The maximum atomic E-state index is 13.1. The van der Waals surface area contributed by atoms with Gasteiger partial charge in [-0.1, -0.05) is 29.8 Å². The topological polar surface area (TPSA) is 62.3 Å². The second-order valence-corrected chi connectivity index (χ2v) is 7.54. The van der Waals surface area contributed by atoms with Gasteiger partial charge in [0.15, 0.2) is 0 Å². The number of pyridine rings is 1. The van der Waals surface area contributed by atoms with E-state index in [2.05, 4.69) is 5.32 Å². The van der Waals surface area contributed by atoms with Gasteiger partial charge < -0.3 is 10.2 Å². The fourth-order valence-electron chi connectivity index (χ4n) is 3.19. The van der Waals surface area contributed by atoms with E-state index in [0.717, 1.165) is 29.4 Å². The number of aromatic nitrogens is 1. The molecule has 1 fully saturated rings. The number of halogens is 1. The van der Waals surface area contributed by atoms with Crippen LogP contribution in [0.2, 0.25) is 5.02 Å². The molecule has 0 spiro atoms. The number of nitrogens with one attached hydrogen (secondary N) is 1. The number of para-hydroxylation sites is 1. The van der Waals surface area contributed by atoms with Gasteiger partial charge in [0.25, 0.3) is 5.91 Å². The Balaban J connectivity index is 1.53. The molecule has 0 radical (unpaired) electrons. The SMILES string of the molecule is CN(CC(=O)Nc1ccc(Cl)cc1)C(=O)c1cc(C2CC2)nc2ccccc12.